The zero-order chi connectivity index (χ0) is 12.8. The van der Waals surface area contributed by atoms with E-state index in [2.05, 4.69) is 11.8 Å². The van der Waals surface area contributed by atoms with Crippen LogP contribution in [-0.4, -0.2) is 54.0 Å². The van der Waals surface area contributed by atoms with Crippen LogP contribution in [0.5, 0.6) is 0 Å². The maximum absolute atomic E-state index is 11.2. The third-order valence-electron chi connectivity index (χ3n) is 5.36. The summed E-state index contributed by atoms with van der Waals surface area (Å²) in [5, 5.41) is 11.2. The second kappa shape index (κ2) is 4.44. The number of rotatable bonds is 3. The number of hydrogen-bond acceptors (Lipinski definition) is 4. The molecule has 3 fully saturated rings. The molecule has 4 nitrogen and oxygen atoms in total. The zero-order valence-corrected chi connectivity index (χ0v) is 11.4. The zero-order valence-electron chi connectivity index (χ0n) is 11.4. The fourth-order valence-corrected chi connectivity index (χ4v) is 3.98. The molecule has 0 aromatic carbocycles. The molecule has 104 valence electrons. The minimum atomic E-state index is -0.649. The van der Waals surface area contributed by atoms with Gasteiger partial charge >= 0.3 is 0 Å². The number of ether oxygens (including phenoxy) is 1. The molecule has 1 saturated carbocycles. The van der Waals surface area contributed by atoms with Gasteiger partial charge in [-0.1, -0.05) is 0 Å². The van der Waals surface area contributed by atoms with Crippen molar-refractivity contribution in [2.45, 2.75) is 56.7 Å². The third kappa shape index (κ3) is 1.90. The first-order valence-electron chi connectivity index (χ1n) is 7.36. The predicted molar refractivity (Wildman–Crippen MR) is 70.3 cm³/mol. The first-order chi connectivity index (χ1) is 8.60. The van der Waals surface area contributed by atoms with E-state index in [1.54, 1.807) is 0 Å². The summed E-state index contributed by atoms with van der Waals surface area (Å²) in [6.07, 6.45) is 5.48. The van der Waals surface area contributed by atoms with E-state index in [9.17, 15) is 5.11 Å². The Bertz CT molecular complexity index is 313. The van der Waals surface area contributed by atoms with Crippen LogP contribution in [0.4, 0.5) is 0 Å². The summed E-state index contributed by atoms with van der Waals surface area (Å²) < 4.78 is 5.64. The molecule has 0 aromatic heterocycles. The van der Waals surface area contributed by atoms with Crippen molar-refractivity contribution in [2.24, 2.45) is 11.1 Å². The van der Waals surface area contributed by atoms with Crippen LogP contribution in [0.2, 0.25) is 0 Å². The molecule has 3 atom stereocenters. The van der Waals surface area contributed by atoms with Crippen molar-refractivity contribution in [2.75, 3.05) is 26.3 Å². The molecule has 0 spiro atoms. The maximum atomic E-state index is 11.2. The lowest BCUT2D eigenvalue weighted by Crippen LogP contribution is -2.58. The Morgan fingerprint density at radius 2 is 2.22 bits per heavy atom. The quantitative estimate of drug-likeness (QED) is 0.779. The van der Waals surface area contributed by atoms with Gasteiger partial charge in [-0.05, 0) is 39.0 Å². The minimum Gasteiger partial charge on any atom is -0.388 e. The SMILES string of the molecule is CC1CC(O)(C2(CN)CCCOC2)CN1C1CC1. The van der Waals surface area contributed by atoms with Crippen LogP contribution < -0.4 is 5.73 Å². The Kier molecular flexibility index (Phi) is 3.17. The average molecular weight is 254 g/mol. The van der Waals surface area contributed by atoms with Gasteiger partial charge in [0.25, 0.3) is 0 Å². The fraction of sp³-hybridized carbons (Fsp3) is 1.00. The van der Waals surface area contributed by atoms with Gasteiger partial charge in [0.05, 0.1) is 12.2 Å². The molecule has 4 heteroatoms. The summed E-state index contributed by atoms with van der Waals surface area (Å²) >= 11 is 0. The van der Waals surface area contributed by atoms with Crippen LogP contribution in [0.25, 0.3) is 0 Å². The minimum absolute atomic E-state index is 0.219. The van der Waals surface area contributed by atoms with Gasteiger partial charge in [0.2, 0.25) is 0 Å². The van der Waals surface area contributed by atoms with Gasteiger partial charge in [0, 0.05) is 37.2 Å². The molecular formula is C14H26N2O2. The second-order valence-corrected chi connectivity index (χ2v) is 6.63. The normalized spacial score (nSPS) is 46.5. The highest BCUT2D eigenvalue weighted by atomic mass is 16.5. The summed E-state index contributed by atoms with van der Waals surface area (Å²) in [6.45, 7) is 5.02. The van der Waals surface area contributed by atoms with Crippen LogP contribution in [0.1, 0.15) is 39.0 Å². The number of likely N-dealkylation sites (tertiary alicyclic amines) is 1. The van der Waals surface area contributed by atoms with Crippen LogP contribution in [-0.2, 0) is 4.74 Å². The maximum Gasteiger partial charge on any atom is 0.0879 e. The first kappa shape index (κ1) is 12.9. The first-order valence-corrected chi connectivity index (χ1v) is 7.36. The van der Waals surface area contributed by atoms with Gasteiger partial charge in [-0.25, -0.2) is 0 Å². The average Bonchev–Trinajstić information content (AvgIpc) is 3.16. The molecule has 18 heavy (non-hydrogen) atoms. The Balaban J connectivity index is 1.80. The van der Waals surface area contributed by atoms with E-state index < -0.39 is 5.60 Å². The summed E-state index contributed by atoms with van der Waals surface area (Å²) in [6, 6.07) is 1.20. The molecule has 0 amide bonds. The molecule has 2 heterocycles. The Morgan fingerprint density at radius 3 is 2.78 bits per heavy atom. The van der Waals surface area contributed by atoms with Crippen molar-refractivity contribution in [3.63, 3.8) is 0 Å². The highest BCUT2D eigenvalue weighted by Crippen LogP contribution is 2.48. The van der Waals surface area contributed by atoms with E-state index in [0.29, 0.717) is 25.2 Å². The monoisotopic (exact) mass is 254 g/mol. The van der Waals surface area contributed by atoms with Gasteiger partial charge < -0.3 is 15.6 Å². The van der Waals surface area contributed by atoms with Crippen molar-refractivity contribution in [3.05, 3.63) is 0 Å². The molecule has 1 aliphatic carbocycles. The molecule has 3 N–H and O–H groups in total. The van der Waals surface area contributed by atoms with Crippen molar-refractivity contribution < 1.29 is 9.84 Å². The van der Waals surface area contributed by atoms with Crippen molar-refractivity contribution >= 4 is 0 Å². The van der Waals surface area contributed by atoms with Crippen molar-refractivity contribution in [1.82, 2.24) is 4.90 Å². The lowest BCUT2D eigenvalue weighted by Gasteiger charge is -2.47. The van der Waals surface area contributed by atoms with Crippen LogP contribution >= 0.6 is 0 Å². The number of β-amino-alcohol motifs (C(OH)–C–C–N with tert-alkyl or cyclic N) is 1. The predicted octanol–water partition coefficient (Wildman–Crippen LogP) is 0.730. The largest absolute Gasteiger partial charge is 0.388 e. The van der Waals surface area contributed by atoms with E-state index in [0.717, 1.165) is 32.4 Å². The Hall–Kier alpha value is -0.160. The van der Waals surface area contributed by atoms with Gasteiger partial charge in [-0.15, -0.1) is 0 Å². The number of nitrogens with two attached hydrogens (primary N) is 1. The summed E-state index contributed by atoms with van der Waals surface area (Å²) in [5.41, 5.74) is 5.16. The smallest absolute Gasteiger partial charge is 0.0879 e. The van der Waals surface area contributed by atoms with E-state index in [1.807, 2.05) is 0 Å². The van der Waals surface area contributed by atoms with Crippen molar-refractivity contribution in [3.8, 4) is 0 Å². The topological polar surface area (TPSA) is 58.7 Å². The van der Waals surface area contributed by atoms with E-state index in [-0.39, 0.29) is 5.41 Å². The van der Waals surface area contributed by atoms with Crippen LogP contribution in [0.15, 0.2) is 0 Å². The highest BCUT2D eigenvalue weighted by Gasteiger charge is 2.57. The van der Waals surface area contributed by atoms with Crippen molar-refractivity contribution in [1.29, 1.82) is 0 Å². The number of aliphatic hydroxyl groups is 1. The summed E-state index contributed by atoms with van der Waals surface area (Å²) in [7, 11) is 0. The van der Waals surface area contributed by atoms with Gasteiger partial charge in [-0.2, -0.15) is 0 Å². The number of nitrogens with zero attached hydrogens (tertiary/aromatic N) is 1. The molecule has 0 bridgehead atoms. The molecule has 3 unspecified atom stereocenters. The molecule has 0 radical (unpaired) electrons. The summed E-state index contributed by atoms with van der Waals surface area (Å²) in [5.74, 6) is 0. The standard InChI is InChI=1S/C14H26N2O2/c1-11-7-14(17,9-16(11)12-3-4-12)13(8-15)5-2-6-18-10-13/h11-12,17H,2-10,15H2,1H3. The Morgan fingerprint density at radius 1 is 1.44 bits per heavy atom. The molecule has 3 aliphatic rings. The van der Waals surface area contributed by atoms with Gasteiger partial charge in [-0.3, -0.25) is 4.90 Å². The molecule has 2 saturated heterocycles. The van der Waals surface area contributed by atoms with E-state index >= 15 is 0 Å². The van der Waals surface area contributed by atoms with E-state index in [1.165, 1.54) is 12.8 Å². The second-order valence-electron chi connectivity index (χ2n) is 6.63. The number of hydrogen-bond donors (Lipinski definition) is 2. The third-order valence-corrected chi connectivity index (χ3v) is 5.36. The van der Waals surface area contributed by atoms with Gasteiger partial charge in [0.15, 0.2) is 0 Å². The highest BCUT2D eigenvalue weighted by molar-refractivity contribution is 5.10. The van der Waals surface area contributed by atoms with Crippen LogP contribution in [0.3, 0.4) is 0 Å². The lowest BCUT2D eigenvalue weighted by atomic mass is 9.67. The van der Waals surface area contributed by atoms with E-state index in [4.69, 9.17) is 10.5 Å². The molecule has 3 rings (SSSR count). The van der Waals surface area contributed by atoms with Crippen LogP contribution in [0, 0.1) is 5.41 Å². The van der Waals surface area contributed by atoms with Gasteiger partial charge in [0.1, 0.15) is 0 Å². The molecule has 2 aliphatic heterocycles. The Labute approximate surface area is 109 Å². The molecule has 0 aromatic rings. The lowest BCUT2D eigenvalue weighted by molar-refractivity contribution is -0.137. The fourth-order valence-electron chi connectivity index (χ4n) is 3.98. The molecular weight excluding hydrogens is 228 g/mol. The summed E-state index contributed by atoms with van der Waals surface area (Å²) in [4.78, 5) is 2.49.